The lowest BCUT2D eigenvalue weighted by Gasteiger charge is -2.33. The molecule has 0 radical (unpaired) electrons. The fourth-order valence-corrected chi connectivity index (χ4v) is 3.24. The molecule has 2 aromatic rings. The number of alkyl halides is 3. The van der Waals surface area contributed by atoms with Crippen LogP contribution in [0.2, 0.25) is 0 Å². The van der Waals surface area contributed by atoms with Crippen LogP contribution in [0, 0.1) is 13.8 Å². The number of hydrazine groups is 1. The molecule has 1 aromatic carbocycles. The van der Waals surface area contributed by atoms with E-state index in [0.29, 0.717) is 12.6 Å². The second kappa shape index (κ2) is 6.93. The molecule has 28 heavy (non-hydrogen) atoms. The highest BCUT2D eigenvalue weighted by Crippen LogP contribution is 2.38. The molecular weight excluding hydrogens is 441 g/mol. The number of nitrogens with one attached hydrogen (secondary N) is 1. The zero-order valence-electron chi connectivity index (χ0n) is 15.3. The molecule has 0 aliphatic carbocycles. The van der Waals surface area contributed by atoms with Crippen molar-refractivity contribution in [2.75, 3.05) is 0 Å². The quantitative estimate of drug-likeness (QED) is 0.738. The van der Waals surface area contributed by atoms with Crippen LogP contribution in [0.5, 0.6) is 0 Å². The van der Waals surface area contributed by atoms with E-state index in [9.17, 15) is 23.1 Å². The SMILES string of the molecule is CC1=CC(O)(C(F)(F)F)N(C(=O)c2ccc(Cn3nc(C)c(Br)c3C)cc2)N1. The topological polar surface area (TPSA) is 70.4 Å². The number of aromatic nitrogens is 2. The molecule has 0 bridgehead atoms. The van der Waals surface area contributed by atoms with E-state index in [1.54, 1.807) is 16.8 Å². The highest BCUT2D eigenvalue weighted by Gasteiger charge is 2.61. The molecule has 10 heteroatoms. The predicted octanol–water partition coefficient (Wildman–Crippen LogP) is 3.43. The number of allylic oxidation sites excluding steroid dienone is 1. The molecule has 1 aliphatic rings. The van der Waals surface area contributed by atoms with Gasteiger partial charge in [-0.2, -0.15) is 18.3 Å². The lowest BCUT2D eigenvalue weighted by molar-refractivity contribution is -0.283. The van der Waals surface area contributed by atoms with Crippen molar-refractivity contribution in [2.24, 2.45) is 0 Å². The van der Waals surface area contributed by atoms with Crippen LogP contribution in [-0.4, -0.2) is 37.7 Å². The summed E-state index contributed by atoms with van der Waals surface area (Å²) < 4.78 is 42.5. The lowest BCUT2D eigenvalue weighted by atomic mass is 10.1. The summed E-state index contributed by atoms with van der Waals surface area (Å²) in [6.45, 7) is 5.56. The Kier molecular flexibility index (Phi) is 5.05. The smallest absolute Gasteiger partial charge is 0.359 e. The van der Waals surface area contributed by atoms with Crippen LogP contribution in [-0.2, 0) is 6.54 Å². The third-order valence-corrected chi connectivity index (χ3v) is 5.64. The van der Waals surface area contributed by atoms with Crippen LogP contribution in [0.3, 0.4) is 0 Å². The number of nitrogens with zero attached hydrogens (tertiary/aromatic N) is 3. The number of benzene rings is 1. The van der Waals surface area contributed by atoms with Crippen LogP contribution in [0.4, 0.5) is 13.2 Å². The molecule has 1 aromatic heterocycles. The van der Waals surface area contributed by atoms with Crippen molar-refractivity contribution in [3.8, 4) is 0 Å². The number of amides is 1. The Bertz CT molecular complexity index is 953. The summed E-state index contributed by atoms with van der Waals surface area (Å²) in [5.41, 5.74) is 1.52. The maximum atomic E-state index is 13.3. The van der Waals surface area contributed by atoms with Crippen LogP contribution in [0.25, 0.3) is 0 Å². The Balaban J connectivity index is 1.81. The fraction of sp³-hybridized carbons (Fsp3) is 0.333. The first-order chi connectivity index (χ1) is 12.9. The van der Waals surface area contributed by atoms with Crippen LogP contribution in [0.1, 0.15) is 34.2 Å². The normalized spacial score (nSPS) is 19.6. The van der Waals surface area contributed by atoms with Crippen LogP contribution in [0.15, 0.2) is 40.5 Å². The fourth-order valence-electron chi connectivity index (χ4n) is 2.96. The number of aliphatic hydroxyl groups is 1. The average Bonchev–Trinajstić information content (AvgIpc) is 3.06. The largest absolute Gasteiger partial charge is 0.442 e. The highest BCUT2D eigenvalue weighted by molar-refractivity contribution is 9.10. The van der Waals surface area contributed by atoms with Crippen molar-refractivity contribution in [3.63, 3.8) is 0 Å². The third-order valence-electron chi connectivity index (χ3n) is 4.49. The molecule has 1 atom stereocenters. The van der Waals surface area contributed by atoms with Gasteiger partial charge in [0.2, 0.25) is 0 Å². The zero-order valence-corrected chi connectivity index (χ0v) is 16.9. The van der Waals surface area contributed by atoms with Crippen molar-refractivity contribution in [1.29, 1.82) is 0 Å². The number of aryl methyl sites for hydroxylation is 1. The maximum absolute atomic E-state index is 13.3. The molecule has 0 spiro atoms. The number of carbonyl (C=O) groups is 1. The van der Waals surface area contributed by atoms with Gasteiger partial charge in [-0.05, 0) is 60.5 Å². The second-order valence-electron chi connectivity index (χ2n) is 6.64. The van der Waals surface area contributed by atoms with E-state index in [2.05, 4.69) is 26.5 Å². The van der Waals surface area contributed by atoms with E-state index in [1.165, 1.54) is 19.1 Å². The number of rotatable bonds is 3. The summed E-state index contributed by atoms with van der Waals surface area (Å²) >= 11 is 3.45. The zero-order chi connectivity index (χ0) is 20.9. The Hall–Kier alpha value is -2.33. The summed E-state index contributed by atoms with van der Waals surface area (Å²) in [4.78, 5) is 12.6. The molecule has 1 unspecified atom stereocenters. The molecule has 2 heterocycles. The van der Waals surface area contributed by atoms with Crippen molar-refractivity contribution >= 4 is 21.8 Å². The monoisotopic (exact) mass is 458 g/mol. The van der Waals surface area contributed by atoms with Gasteiger partial charge in [0.05, 0.1) is 22.4 Å². The Morgan fingerprint density at radius 1 is 1.25 bits per heavy atom. The summed E-state index contributed by atoms with van der Waals surface area (Å²) in [5, 5.41) is 14.6. The van der Waals surface area contributed by atoms with Crippen LogP contribution >= 0.6 is 15.9 Å². The van der Waals surface area contributed by atoms with Gasteiger partial charge in [-0.3, -0.25) is 14.9 Å². The minimum absolute atomic E-state index is 0.0107. The van der Waals surface area contributed by atoms with Gasteiger partial charge < -0.3 is 5.11 Å². The van der Waals surface area contributed by atoms with Gasteiger partial charge in [0.15, 0.2) is 0 Å². The van der Waals surface area contributed by atoms with Gasteiger partial charge in [-0.15, -0.1) is 0 Å². The van der Waals surface area contributed by atoms with Gasteiger partial charge in [-0.1, -0.05) is 12.1 Å². The van der Waals surface area contributed by atoms with E-state index in [1.807, 2.05) is 13.8 Å². The van der Waals surface area contributed by atoms with E-state index in [4.69, 9.17) is 0 Å². The molecule has 3 rings (SSSR count). The summed E-state index contributed by atoms with van der Waals surface area (Å²) in [7, 11) is 0. The van der Waals surface area contributed by atoms with Crippen molar-refractivity contribution in [2.45, 2.75) is 39.2 Å². The van der Waals surface area contributed by atoms with Crippen LogP contribution < -0.4 is 5.43 Å². The minimum Gasteiger partial charge on any atom is -0.359 e. The average molecular weight is 459 g/mol. The first kappa shape index (κ1) is 20.4. The molecule has 150 valence electrons. The van der Waals surface area contributed by atoms with Crippen molar-refractivity contribution in [1.82, 2.24) is 20.2 Å². The minimum atomic E-state index is -5.05. The van der Waals surface area contributed by atoms with Crippen molar-refractivity contribution < 1.29 is 23.1 Å². The molecule has 0 saturated heterocycles. The number of carbonyl (C=O) groups excluding carboxylic acids is 1. The van der Waals surface area contributed by atoms with E-state index < -0.39 is 17.8 Å². The first-order valence-electron chi connectivity index (χ1n) is 8.32. The van der Waals surface area contributed by atoms with E-state index >= 15 is 0 Å². The molecule has 1 amide bonds. The summed E-state index contributed by atoms with van der Waals surface area (Å²) in [6.07, 6.45) is -4.48. The molecule has 0 saturated carbocycles. The number of hydrogen-bond acceptors (Lipinski definition) is 4. The molecule has 2 N–H and O–H groups in total. The first-order valence-corrected chi connectivity index (χ1v) is 9.11. The molecule has 6 nitrogen and oxygen atoms in total. The number of halogens is 4. The van der Waals surface area contributed by atoms with Gasteiger partial charge in [0.25, 0.3) is 11.6 Å². The Labute approximate surface area is 167 Å². The third kappa shape index (κ3) is 3.42. The maximum Gasteiger partial charge on any atom is 0.442 e. The van der Waals surface area contributed by atoms with Gasteiger partial charge >= 0.3 is 6.18 Å². The summed E-state index contributed by atoms with van der Waals surface area (Å²) in [6, 6.07) is 6.12. The lowest BCUT2D eigenvalue weighted by Crippen LogP contribution is -2.60. The molecular formula is C18H18BrF3N4O2. The predicted molar refractivity (Wildman–Crippen MR) is 99.0 cm³/mol. The van der Waals surface area contributed by atoms with Gasteiger partial charge in [0, 0.05) is 11.3 Å². The Morgan fingerprint density at radius 3 is 2.36 bits per heavy atom. The van der Waals surface area contributed by atoms with E-state index in [-0.39, 0.29) is 16.3 Å². The van der Waals surface area contributed by atoms with Gasteiger partial charge in [-0.25, -0.2) is 5.01 Å². The van der Waals surface area contributed by atoms with Crippen molar-refractivity contribution in [3.05, 3.63) is 63.0 Å². The van der Waals surface area contributed by atoms with E-state index in [0.717, 1.165) is 21.4 Å². The molecule has 1 aliphatic heterocycles. The standard InChI is InChI=1S/C18H18BrF3N4O2/c1-10-8-17(28,18(20,21)22)26(23-10)16(27)14-6-4-13(5-7-14)9-25-12(3)15(19)11(2)24-25/h4-8,23,28H,9H2,1-3H3. The molecule has 0 fully saturated rings. The highest BCUT2D eigenvalue weighted by atomic mass is 79.9. The number of hydrogen-bond donors (Lipinski definition) is 2. The van der Waals surface area contributed by atoms with Gasteiger partial charge in [0.1, 0.15) is 0 Å². The Morgan fingerprint density at radius 2 is 1.86 bits per heavy atom. The summed E-state index contributed by atoms with van der Waals surface area (Å²) in [5.74, 6) is -0.992. The second-order valence-corrected chi connectivity index (χ2v) is 7.44.